The van der Waals surface area contributed by atoms with Crippen LogP contribution in [0, 0.1) is 12.8 Å². The predicted molar refractivity (Wildman–Crippen MR) is 94.0 cm³/mol. The Labute approximate surface area is 137 Å². The van der Waals surface area contributed by atoms with Crippen molar-refractivity contribution in [1.82, 2.24) is 4.98 Å². The number of rotatable bonds is 3. The van der Waals surface area contributed by atoms with E-state index in [1.807, 2.05) is 43.5 Å². The monoisotopic (exact) mass is 309 g/mol. The highest BCUT2D eigenvalue weighted by Gasteiger charge is 2.17. The van der Waals surface area contributed by atoms with E-state index in [4.69, 9.17) is 0 Å². The molecule has 1 aromatic carbocycles. The van der Waals surface area contributed by atoms with Gasteiger partial charge in [-0.1, -0.05) is 19.1 Å². The maximum atomic E-state index is 12.4. The van der Waals surface area contributed by atoms with Crippen LogP contribution in [0.4, 0.5) is 11.4 Å². The molecule has 0 atom stereocenters. The largest absolute Gasteiger partial charge is 0.370 e. The lowest BCUT2D eigenvalue weighted by atomic mass is 9.99. The maximum absolute atomic E-state index is 12.4. The third-order valence-electron chi connectivity index (χ3n) is 4.41. The number of carbonyl (C=O) groups is 1. The van der Waals surface area contributed by atoms with Crippen molar-refractivity contribution >= 4 is 17.3 Å². The molecule has 1 amide bonds. The average Bonchev–Trinajstić information content (AvgIpc) is 2.56. The summed E-state index contributed by atoms with van der Waals surface area (Å²) in [5, 5.41) is 2.94. The highest BCUT2D eigenvalue weighted by molar-refractivity contribution is 6.04. The Morgan fingerprint density at radius 3 is 2.74 bits per heavy atom. The Morgan fingerprint density at radius 1 is 1.22 bits per heavy atom. The van der Waals surface area contributed by atoms with Crippen molar-refractivity contribution in [1.29, 1.82) is 0 Å². The number of anilines is 2. The quantitative estimate of drug-likeness (QED) is 0.936. The summed E-state index contributed by atoms with van der Waals surface area (Å²) in [6, 6.07) is 9.74. The smallest absolute Gasteiger partial charge is 0.257 e. The van der Waals surface area contributed by atoms with Crippen LogP contribution in [-0.4, -0.2) is 24.0 Å². The SMILES string of the molecule is Cc1cccc(NC(=O)c2cncc(N3CCC(C)CC3)c2)c1. The Kier molecular flexibility index (Phi) is 4.60. The van der Waals surface area contributed by atoms with E-state index < -0.39 is 0 Å². The number of aromatic nitrogens is 1. The number of pyridine rings is 1. The molecule has 1 fully saturated rings. The molecular weight excluding hydrogens is 286 g/mol. The van der Waals surface area contributed by atoms with Crippen molar-refractivity contribution in [3.8, 4) is 0 Å². The molecule has 0 radical (unpaired) electrons. The zero-order valence-corrected chi connectivity index (χ0v) is 13.7. The Morgan fingerprint density at radius 2 is 2.00 bits per heavy atom. The molecule has 4 nitrogen and oxygen atoms in total. The van der Waals surface area contributed by atoms with Gasteiger partial charge in [-0.15, -0.1) is 0 Å². The van der Waals surface area contributed by atoms with Gasteiger partial charge in [0.05, 0.1) is 17.4 Å². The minimum Gasteiger partial charge on any atom is -0.370 e. The number of carbonyl (C=O) groups excluding carboxylic acids is 1. The summed E-state index contributed by atoms with van der Waals surface area (Å²) in [5.41, 5.74) is 3.57. The zero-order chi connectivity index (χ0) is 16.2. The molecule has 0 unspecified atom stereocenters. The summed E-state index contributed by atoms with van der Waals surface area (Å²) in [4.78, 5) is 19.0. The maximum Gasteiger partial charge on any atom is 0.257 e. The molecule has 3 rings (SSSR count). The molecule has 0 aliphatic carbocycles. The lowest BCUT2D eigenvalue weighted by Crippen LogP contribution is -2.33. The molecule has 23 heavy (non-hydrogen) atoms. The van der Waals surface area contributed by atoms with Gasteiger partial charge in [0, 0.05) is 25.0 Å². The van der Waals surface area contributed by atoms with Gasteiger partial charge in [0.25, 0.3) is 5.91 Å². The van der Waals surface area contributed by atoms with E-state index in [2.05, 4.69) is 22.1 Å². The number of benzene rings is 1. The normalized spacial score (nSPS) is 15.5. The Balaban J connectivity index is 1.72. The highest BCUT2D eigenvalue weighted by Crippen LogP contribution is 2.23. The topological polar surface area (TPSA) is 45.2 Å². The Bertz CT molecular complexity index is 691. The first kappa shape index (κ1) is 15.5. The molecule has 0 saturated carbocycles. The molecule has 120 valence electrons. The van der Waals surface area contributed by atoms with Gasteiger partial charge in [-0.2, -0.15) is 0 Å². The zero-order valence-electron chi connectivity index (χ0n) is 13.7. The first-order chi connectivity index (χ1) is 11.1. The number of piperidine rings is 1. The van der Waals surface area contributed by atoms with Gasteiger partial charge in [-0.25, -0.2) is 0 Å². The number of hydrogen-bond donors (Lipinski definition) is 1. The fourth-order valence-corrected chi connectivity index (χ4v) is 2.92. The molecule has 4 heteroatoms. The van der Waals surface area contributed by atoms with Gasteiger partial charge >= 0.3 is 0 Å². The molecule has 1 aliphatic rings. The van der Waals surface area contributed by atoms with E-state index in [1.165, 1.54) is 12.8 Å². The van der Waals surface area contributed by atoms with Crippen molar-refractivity contribution in [2.45, 2.75) is 26.7 Å². The fourth-order valence-electron chi connectivity index (χ4n) is 2.92. The molecule has 0 bridgehead atoms. The van der Waals surface area contributed by atoms with Crippen LogP contribution in [0.5, 0.6) is 0 Å². The van der Waals surface area contributed by atoms with Gasteiger partial charge in [0.1, 0.15) is 0 Å². The minimum atomic E-state index is -0.115. The average molecular weight is 309 g/mol. The summed E-state index contributed by atoms with van der Waals surface area (Å²) >= 11 is 0. The number of nitrogens with zero attached hydrogens (tertiary/aromatic N) is 2. The molecule has 1 saturated heterocycles. The van der Waals surface area contributed by atoms with Crippen molar-refractivity contribution in [2.75, 3.05) is 23.3 Å². The van der Waals surface area contributed by atoms with Gasteiger partial charge in [-0.3, -0.25) is 9.78 Å². The van der Waals surface area contributed by atoms with Crippen molar-refractivity contribution in [3.05, 3.63) is 53.9 Å². The summed E-state index contributed by atoms with van der Waals surface area (Å²) < 4.78 is 0. The third kappa shape index (κ3) is 3.89. The van der Waals surface area contributed by atoms with E-state index >= 15 is 0 Å². The van der Waals surface area contributed by atoms with Crippen LogP contribution >= 0.6 is 0 Å². The van der Waals surface area contributed by atoms with Gasteiger partial charge in [0.15, 0.2) is 0 Å². The summed E-state index contributed by atoms with van der Waals surface area (Å²) in [6.07, 6.45) is 5.86. The van der Waals surface area contributed by atoms with E-state index in [1.54, 1.807) is 6.20 Å². The predicted octanol–water partition coefficient (Wildman–Crippen LogP) is 3.88. The summed E-state index contributed by atoms with van der Waals surface area (Å²) in [5.74, 6) is 0.669. The van der Waals surface area contributed by atoms with Gasteiger partial charge in [0.2, 0.25) is 0 Å². The summed E-state index contributed by atoms with van der Waals surface area (Å²) in [6.45, 7) is 6.37. The van der Waals surface area contributed by atoms with Crippen LogP contribution in [0.15, 0.2) is 42.7 Å². The van der Waals surface area contributed by atoms with E-state index in [0.29, 0.717) is 5.56 Å². The number of aryl methyl sites for hydroxylation is 1. The number of hydrogen-bond acceptors (Lipinski definition) is 3. The fraction of sp³-hybridized carbons (Fsp3) is 0.368. The summed E-state index contributed by atoms with van der Waals surface area (Å²) in [7, 11) is 0. The molecule has 0 spiro atoms. The van der Waals surface area contributed by atoms with Crippen LogP contribution in [0.25, 0.3) is 0 Å². The lowest BCUT2D eigenvalue weighted by Gasteiger charge is -2.32. The molecular formula is C19H23N3O. The van der Waals surface area contributed by atoms with Crippen molar-refractivity contribution in [3.63, 3.8) is 0 Å². The van der Waals surface area contributed by atoms with Gasteiger partial charge < -0.3 is 10.2 Å². The third-order valence-corrected chi connectivity index (χ3v) is 4.41. The molecule has 1 aromatic heterocycles. The molecule has 2 aromatic rings. The van der Waals surface area contributed by atoms with Crippen LogP contribution in [-0.2, 0) is 0 Å². The first-order valence-corrected chi connectivity index (χ1v) is 8.20. The Hall–Kier alpha value is -2.36. The van der Waals surface area contributed by atoms with E-state index in [-0.39, 0.29) is 5.91 Å². The standard InChI is InChI=1S/C19H23N3O/c1-14-6-8-22(9-7-14)18-11-16(12-20-13-18)19(23)21-17-5-3-4-15(2)10-17/h3-5,10-14H,6-9H2,1-2H3,(H,21,23). The van der Waals surface area contributed by atoms with Crippen LogP contribution in [0.2, 0.25) is 0 Å². The molecule has 2 heterocycles. The van der Waals surface area contributed by atoms with Crippen molar-refractivity contribution in [2.24, 2.45) is 5.92 Å². The lowest BCUT2D eigenvalue weighted by molar-refractivity contribution is 0.102. The molecule has 1 aliphatic heterocycles. The van der Waals surface area contributed by atoms with E-state index in [0.717, 1.165) is 35.9 Å². The van der Waals surface area contributed by atoms with Crippen LogP contribution in [0.3, 0.4) is 0 Å². The van der Waals surface area contributed by atoms with Crippen LogP contribution < -0.4 is 10.2 Å². The molecule has 1 N–H and O–H groups in total. The number of amides is 1. The second-order valence-electron chi connectivity index (χ2n) is 6.42. The minimum absolute atomic E-state index is 0.115. The second-order valence-corrected chi connectivity index (χ2v) is 6.42. The van der Waals surface area contributed by atoms with E-state index in [9.17, 15) is 4.79 Å². The van der Waals surface area contributed by atoms with Crippen LogP contribution in [0.1, 0.15) is 35.7 Å². The van der Waals surface area contributed by atoms with Crippen molar-refractivity contribution < 1.29 is 4.79 Å². The highest BCUT2D eigenvalue weighted by atomic mass is 16.1. The first-order valence-electron chi connectivity index (χ1n) is 8.20. The number of nitrogens with one attached hydrogen (secondary N) is 1. The second kappa shape index (κ2) is 6.82. The van der Waals surface area contributed by atoms with Gasteiger partial charge in [-0.05, 0) is 49.4 Å².